The lowest BCUT2D eigenvalue weighted by Gasteiger charge is -2.32. The van der Waals surface area contributed by atoms with Gasteiger partial charge in [0, 0.05) is 17.7 Å². The number of nitrogens with zero attached hydrogens (tertiary/aromatic N) is 3. The summed E-state index contributed by atoms with van der Waals surface area (Å²) in [6.45, 7) is 0. The third-order valence-electron chi connectivity index (χ3n) is 6.77. The standard InChI is InChI=1S/C27H17N3O2/c1-2-8-18(9-3-1)19-13-14-20-24-26(19)32-22-11-6-10-21-25(22)27(24,30-17-7-16-29(20)30)28-15-5-4-12-23(28)31-21/h1-17H/q+2. The van der Waals surface area contributed by atoms with Crippen LogP contribution in [0.2, 0.25) is 0 Å². The molecule has 0 saturated heterocycles. The highest BCUT2D eigenvalue weighted by molar-refractivity contribution is 5.79. The van der Waals surface area contributed by atoms with Crippen LogP contribution in [0.25, 0.3) is 16.8 Å². The van der Waals surface area contributed by atoms with Gasteiger partial charge in [0.2, 0.25) is 6.20 Å². The van der Waals surface area contributed by atoms with E-state index in [1.54, 1.807) is 0 Å². The zero-order valence-corrected chi connectivity index (χ0v) is 17.0. The van der Waals surface area contributed by atoms with Crippen LogP contribution in [-0.4, -0.2) is 4.68 Å². The molecular formula is C27H17N3O2+2. The summed E-state index contributed by atoms with van der Waals surface area (Å²) in [6.07, 6.45) is 6.33. The molecule has 2 aromatic heterocycles. The summed E-state index contributed by atoms with van der Waals surface area (Å²) in [6, 6.07) is 29.0. The van der Waals surface area contributed by atoms with Crippen molar-refractivity contribution in [1.29, 1.82) is 0 Å². The Bertz CT molecular complexity index is 1590. The van der Waals surface area contributed by atoms with Crippen LogP contribution in [0, 0.1) is 0 Å². The molecule has 32 heavy (non-hydrogen) atoms. The van der Waals surface area contributed by atoms with Gasteiger partial charge in [-0.15, -0.1) is 4.68 Å². The largest absolute Gasteiger partial charge is 0.455 e. The third-order valence-corrected chi connectivity index (χ3v) is 6.77. The van der Waals surface area contributed by atoms with Crippen LogP contribution in [0.4, 0.5) is 0 Å². The van der Waals surface area contributed by atoms with E-state index in [0.717, 1.165) is 51.1 Å². The number of pyridine rings is 1. The van der Waals surface area contributed by atoms with Crippen LogP contribution in [-0.2, 0) is 5.66 Å². The van der Waals surface area contributed by atoms with E-state index in [-0.39, 0.29) is 0 Å². The average molecular weight is 415 g/mol. The van der Waals surface area contributed by atoms with Crippen molar-refractivity contribution >= 4 is 0 Å². The number of aromatic nitrogens is 3. The van der Waals surface area contributed by atoms with Gasteiger partial charge in [-0.2, -0.15) is 0 Å². The summed E-state index contributed by atoms with van der Waals surface area (Å²) in [5.74, 6) is 3.31. The van der Waals surface area contributed by atoms with Crippen molar-refractivity contribution < 1.29 is 18.7 Å². The van der Waals surface area contributed by atoms with Crippen molar-refractivity contribution in [3.63, 3.8) is 0 Å². The van der Waals surface area contributed by atoms with Crippen molar-refractivity contribution in [2.24, 2.45) is 0 Å². The number of hydrogen-bond donors (Lipinski definition) is 0. The quantitative estimate of drug-likeness (QED) is 0.369. The molecule has 1 unspecified atom stereocenters. The topological polar surface area (TPSA) is 31.1 Å². The van der Waals surface area contributed by atoms with Gasteiger partial charge >= 0.3 is 11.5 Å². The first kappa shape index (κ1) is 16.3. The van der Waals surface area contributed by atoms with Gasteiger partial charge < -0.3 is 9.47 Å². The summed E-state index contributed by atoms with van der Waals surface area (Å²) in [4.78, 5) is 0. The Hall–Kier alpha value is -4.38. The predicted molar refractivity (Wildman–Crippen MR) is 116 cm³/mol. The molecule has 0 saturated carbocycles. The molecule has 0 amide bonds. The maximum absolute atomic E-state index is 6.69. The first-order valence-electron chi connectivity index (χ1n) is 10.7. The van der Waals surface area contributed by atoms with Gasteiger partial charge in [-0.3, -0.25) is 0 Å². The summed E-state index contributed by atoms with van der Waals surface area (Å²) in [5.41, 5.74) is 4.82. The van der Waals surface area contributed by atoms with Crippen molar-refractivity contribution in [3.8, 4) is 39.9 Å². The average Bonchev–Trinajstić information content (AvgIpc) is 3.43. The predicted octanol–water partition coefficient (Wildman–Crippen LogP) is 4.54. The fourth-order valence-corrected chi connectivity index (χ4v) is 5.59. The van der Waals surface area contributed by atoms with Crippen LogP contribution < -0.4 is 18.7 Å². The number of hydrogen-bond acceptors (Lipinski definition) is 2. The smallest absolute Gasteiger partial charge is 0.452 e. The maximum Gasteiger partial charge on any atom is 0.452 e. The molecule has 5 heterocycles. The fourth-order valence-electron chi connectivity index (χ4n) is 5.59. The van der Waals surface area contributed by atoms with E-state index in [1.807, 2.05) is 36.4 Å². The number of benzene rings is 3. The number of ether oxygens (including phenoxy) is 2. The molecule has 0 N–H and O–H groups in total. The molecule has 5 heteroatoms. The van der Waals surface area contributed by atoms with Gasteiger partial charge in [0.05, 0.1) is 12.3 Å². The minimum Gasteiger partial charge on any atom is -0.455 e. The first-order chi connectivity index (χ1) is 15.9. The lowest BCUT2D eigenvalue weighted by molar-refractivity contribution is -0.997. The van der Waals surface area contributed by atoms with Gasteiger partial charge in [0.1, 0.15) is 11.4 Å². The summed E-state index contributed by atoms with van der Waals surface area (Å²) in [5, 5.41) is 0. The molecule has 0 aliphatic carbocycles. The first-order valence-corrected chi connectivity index (χ1v) is 10.7. The van der Waals surface area contributed by atoms with Crippen LogP contribution in [0.15, 0.2) is 104 Å². The lowest BCUT2D eigenvalue weighted by Crippen LogP contribution is -2.75. The second-order valence-electron chi connectivity index (χ2n) is 8.30. The molecule has 3 aromatic carbocycles. The highest BCUT2D eigenvalue weighted by atomic mass is 16.5. The van der Waals surface area contributed by atoms with Crippen LogP contribution in [0.5, 0.6) is 23.1 Å². The van der Waals surface area contributed by atoms with Crippen LogP contribution in [0.3, 0.4) is 0 Å². The molecule has 1 atom stereocenters. The van der Waals surface area contributed by atoms with Gasteiger partial charge in [0.15, 0.2) is 28.8 Å². The van der Waals surface area contributed by atoms with Crippen LogP contribution >= 0.6 is 0 Å². The third kappa shape index (κ3) is 1.70. The zero-order valence-electron chi connectivity index (χ0n) is 17.0. The van der Waals surface area contributed by atoms with E-state index in [0.29, 0.717) is 0 Å². The molecule has 3 aliphatic rings. The van der Waals surface area contributed by atoms with Gasteiger partial charge in [0.25, 0.3) is 0 Å². The molecular weight excluding hydrogens is 398 g/mol. The SMILES string of the molecule is c1ccc(-c2ccc3c4c2Oc2cccc5c2C4([n+]2ccccc2O5)[n+]2cccn2-3)cc1. The summed E-state index contributed by atoms with van der Waals surface area (Å²) >= 11 is 0. The highest BCUT2D eigenvalue weighted by Crippen LogP contribution is 2.57. The normalized spacial score (nSPS) is 18.0. The zero-order chi connectivity index (χ0) is 20.9. The monoisotopic (exact) mass is 415 g/mol. The maximum atomic E-state index is 6.69. The van der Waals surface area contributed by atoms with Gasteiger partial charge in [-0.1, -0.05) is 41.0 Å². The molecule has 150 valence electrons. The molecule has 8 rings (SSSR count). The second kappa shape index (κ2) is 5.45. The van der Waals surface area contributed by atoms with Crippen molar-refractivity contribution in [1.82, 2.24) is 4.68 Å². The molecule has 0 fully saturated rings. The Morgan fingerprint density at radius 2 is 1.53 bits per heavy atom. The highest BCUT2D eigenvalue weighted by Gasteiger charge is 2.71. The molecule has 5 aromatic rings. The van der Waals surface area contributed by atoms with Gasteiger partial charge in [-0.25, -0.2) is 0 Å². The van der Waals surface area contributed by atoms with E-state index >= 15 is 0 Å². The molecule has 0 bridgehead atoms. The van der Waals surface area contributed by atoms with Crippen LogP contribution in [0.1, 0.15) is 11.1 Å². The van der Waals surface area contributed by atoms with E-state index in [1.165, 1.54) is 0 Å². The number of rotatable bonds is 1. The van der Waals surface area contributed by atoms with E-state index in [2.05, 4.69) is 81.1 Å². The molecule has 1 spiro atoms. The van der Waals surface area contributed by atoms with Crippen molar-refractivity contribution in [3.05, 3.63) is 115 Å². The number of fused-ring (bicyclic) bond motifs is 3. The minimum absolute atomic E-state index is 0.641. The van der Waals surface area contributed by atoms with E-state index in [4.69, 9.17) is 9.47 Å². The Labute approximate surface area is 183 Å². The Morgan fingerprint density at radius 1 is 0.688 bits per heavy atom. The minimum atomic E-state index is -0.641. The second-order valence-corrected chi connectivity index (χ2v) is 8.30. The Morgan fingerprint density at radius 3 is 2.44 bits per heavy atom. The van der Waals surface area contributed by atoms with E-state index in [9.17, 15) is 0 Å². The van der Waals surface area contributed by atoms with Crippen molar-refractivity contribution in [2.45, 2.75) is 5.66 Å². The Balaban J connectivity index is 1.60. The Kier molecular flexibility index (Phi) is 2.78. The van der Waals surface area contributed by atoms with Gasteiger partial charge in [-0.05, 0) is 40.6 Å². The van der Waals surface area contributed by atoms with Crippen molar-refractivity contribution in [2.75, 3.05) is 0 Å². The molecule has 5 nitrogen and oxygen atoms in total. The molecule has 3 aliphatic heterocycles. The fraction of sp³-hybridized carbons (Fsp3) is 0.0370. The van der Waals surface area contributed by atoms with E-state index < -0.39 is 5.66 Å². The lowest BCUT2D eigenvalue weighted by atomic mass is 9.83. The molecule has 0 radical (unpaired) electrons. The summed E-state index contributed by atoms with van der Waals surface area (Å²) < 4.78 is 19.8. The summed E-state index contributed by atoms with van der Waals surface area (Å²) in [7, 11) is 0.